The first-order valence-corrected chi connectivity index (χ1v) is 5.76. The van der Waals surface area contributed by atoms with Gasteiger partial charge in [-0.15, -0.1) is 11.3 Å². The van der Waals surface area contributed by atoms with Gasteiger partial charge in [-0.1, -0.05) is 6.07 Å². The number of aromatic nitrogens is 2. The zero-order chi connectivity index (χ0) is 11.1. The fraction of sp³-hybridized carbons (Fsp3) is 0.364. The lowest BCUT2D eigenvalue weighted by Gasteiger charge is -2.20. The maximum absolute atomic E-state index is 5.94. The van der Waals surface area contributed by atoms with E-state index in [0.29, 0.717) is 5.82 Å². The first-order chi connectivity index (χ1) is 6.98. The SMILES string of the molecule is CC(C)(C)n1nc(-c2cccs2)cc1N. The first-order valence-electron chi connectivity index (χ1n) is 4.88. The van der Waals surface area contributed by atoms with Crippen LogP contribution in [0.5, 0.6) is 0 Å². The Morgan fingerprint density at radius 2 is 2.13 bits per heavy atom. The van der Waals surface area contributed by atoms with Crippen molar-refractivity contribution >= 4 is 17.2 Å². The van der Waals surface area contributed by atoms with E-state index in [1.165, 1.54) is 0 Å². The second-order valence-electron chi connectivity index (χ2n) is 4.51. The van der Waals surface area contributed by atoms with Crippen molar-refractivity contribution in [2.24, 2.45) is 0 Å². The first kappa shape index (κ1) is 10.2. The lowest BCUT2D eigenvalue weighted by Crippen LogP contribution is -2.24. The highest BCUT2D eigenvalue weighted by molar-refractivity contribution is 7.13. The Morgan fingerprint density at radius 1 is 1.40 bits per heavy atom. The predicted octanol–water partition coefficient (Wildman–Crippen LogP) is 2.95. The zero-order valence-corrected chi connectivity index (χ0v) is 10.0. The predicted molar refractivity (Wildman–Crippen MR) is 64.9 cm³/mol. The van der Waals surface area contributed by atoms with Crippen molar-refractivity contribution in [3.8, 4) is 10.6 Å². The largest absolute Gasteiger partial charge is 0.384 e. The number of rotatable bonds is 1. The molecule has 0 amide bonds. The summed E-state index contributed by atoms with van der Waals surface area (Å²) in [7, 11) is 0. The average molecular weight is 221 g/mol. The zero-order valence-electron chi connectivity index (χ0n) is 9.19. The lowest BCUT2D eigenvalue weighted by atomic mass is 10.1. The fourth-order valence-corrected chi connectivity index (χ4v) is 2.16. The van der Waals surface area contributed by atoms with Crippen molar-refractivity contribution in [2.75, 3.05) is 5.73 Å². The highest BCUT2D eigenvalue weighted by atomic mass is 32.1. The van der Waals surface area contributed by atoms with Gasteiger partial charge in [0.15, 0.2) is 0 Å². The van der Waals surface area contributed by atoms with Crippen LogP contribution in [0.25, 0.3) is 10.6 Å². The molecule has 0 unspecified atom stereocenters. The van der Waals surface area contributed by atoms with E-state index in [1.54, 1.807) is 11.3 Å². The summed E-state index contributed by atoms with van der Waals surface area (Å²) in [5, 5.41) is 6.57. The van der Waals surface area contributed by atoms with Gasteiger partial charge in [0.25, 0.3) is 0 Å². The minimum Gasteiger partial charge on any atom is -0.384 e. The third-order valence-corrected chi connectivity index (χ3v) is 3.04. The Labute approximate surface area is 93.5 Å². The highest BCUT2D eigenvalue weighted by Crippen LogP contribution is 2.27. The van der Waals surface area contributed by atoms with E-state index in [0.717, 1.165) is 10.6 Å². The molecule has 80 valence electrons. The van der Waals surface area contributed by atoms with Crippen LogP contribution in [0.15, 0.2) is 23.6 Å². The summed E-state index contributed by atoms with van der Waals surface area (Å²) >= 11 is 1.68. The molecule has 3 nitrogen and oxygen atoms in total. The van der Waals surface area contributed by atoms with Gasteiger partial charge >= 0.3 is 0 Å². The van der Waals surface area contributed by atoms with Crippen molar-refractivity contribution in [2.45, 2.75) is 26.3 Å². The molecule has 0 aromatic carbocycles. The molecule has 0 saturated heterocycles. The monoisotopic (exact) mass is 221 g/mol. The van der Waals surface area contributed by atoms with Gasteiger partial charge in [-0.3, -0.25) is 0 Å². The van der Waals surface area contributed by atoms with Crippen LogP contribution >= 0.6 is 11.3 Å². The van der Waals surface area contributed by atoms with E-state index in [4.69, 9.17) is 5.73 Å². The van der Waals surface area contributed by atoms with E-state index in [2.05, 4.69) is 31.9 Å². The Hall–Kier alpha value is -1.29. The Morgan fingerprint density at radius 3 is 2.60 bits per heavy atom. The molecule has 0 bridgehead atoms. The van der Waals surface area contributed by atoms with Gasteiger partial charge in [-0.25, -0.2) is 4.68 Å². The summed E-state index contributed by atoms with van der Waals surface area (Å²) in [5.41, 5.74) is 6.82. The van der Waals surface area contributed by atoms with E-state index in [-0.39, 0.29) is 5.54 Å². The van der Waals surface area contributed by atoms with Crippen LogP contribution in [0.3, 0.4) is 0 Å². The van der Waals surface area contributed by atoms with Crippen molar-refractivity contribution < 1.29 is 0 Å². The van der Waals surface area contributed by atoms with E-state index in [9.17, 15) is 0 Å². The number of nitrogens with two attached hydrogens (primary N) is 1. The van der Waals surface area contributed by atoms with Crippen molar-refractivity contribution in [1.82, 2.24) is 9.78 Å². The third kappa shape index (κ3) is 1.90. The molecule has 0 spiro atoms. The van der Waals surface area contributed by atoms with Gasteiger partial charge in [0.2, 0.25) is 0 Å². The molecule has 2 aromatic rings. The molecule has 4 heteroatoms. The molecule has 2 aromatic heterocycles. The number of hydrogen-bond donors (Lipinski definition) is 1. The smallest absolute Gasteiger partial charge is 0.122 e. The molecule has 0 aliphatic rings. The van der Waals surface area contributed by atoms with Crippen molar-refractivity contribution in [3.05, 3.63) is 23.6 Å². The summed E-state index contributed by atoms with van der Waals surface area (Å²) in [5.74, 6) is 0.714. The molecule has 0 saturated carbocycles. The average Bonchev–Trinajstić information content (AvgIpc) is 2.68. The maximum atomic E-state index is 5.94. The molecule has 0 atom stereocenters. The van der Waals surface area contributed by atoms with Gasteiger partial charge < -0.3 is 5.73 Å². The molecule has 0 fully saturated rings. The molecule has 15 heavy (non-hydrogen) atoms. The Kier molecular flexibility index (Phi) is 2.31. The minimum atomic E-state index is -0.0698. The molecule has 0 aliphatic carbocycles. The van der Waals surface area contributed by atoms with Gasteiger partial charge in [0, 0.05) is 6.07 Å². The molecular formula is C11H15N3S. The quantitative estimate of drug-likeness (QED) is 0.804. The molecular weight excluding hydrogens is 206 g/mol. The van der Waals surface area contributed by atoms with Gasteiger partial charge in [-0.2, -0.15) is 5.10 Å². The summed E-state index contributed by atoms with van der Waals surface area (Å²) < 4.78 is 1.86. The van der Waals surface area contributed by atoms with Crippen molar-refractivity contribution in [1.29, 1.82) is 0 Å². The second-order valence-corrected chi connectivity index (χ2v) is 5.46. The van der Waals surface area contributed by atoms with Gasteiger partial charge in [-0.05, 0) is 32.2 Å². The minimum absolute atomic E-state index is 0.0698. The summed E-state index contributed by atoms with van der Waals surface area (Å²) in [4.78, 5) is 1.16. The number of thiophene rings is 1. The van der Waals surface area contributed by atoms with Crippen LogP contribution in [-0.4, -0.2) is 9.78 Å². The van der Waals surface area contributed by atoms with E-state index >= 15 is 0 Å². The second kappa shape index (κ2) is 3.38. The summed E-state index contributed by atoms with van der Waals surface area (Å²) in [6.07, 6.45) is 0. The Bertz CT molecular complexity index is 449. The number of nitrogen functional groups attached to an aromatic ring is 1. The number of nitrogens with zero attached hydrogens (tertiary/aromatic N) is 2. The standard InChI is InChI=1S/C11H15N3S/c1-11(2,3)14-10(12)7-8(13-14)9-5-4-6-15-9/h4-7H,12H2,1-3H3. The maximum Gasteiger partial charge on any atom is 0.122 e. The van der Waals surface area contributed by atoms with Crippen molar-refractivity contribution in [3.63, 3.8) is 0 Å². The summed E-state index contributed by atoms with van der Waals surface area (Å²) in [6.45, 7) is 6.28. The van der Waals surface area contributed by atoms with E-state index < -0.39 is 0 Å². The molecule has 2 N–H and O–H groups in total. The Balaban J connectivity index is 2.47. The van der Waals surface area contributed by atoms with Crippen LogP contribution in [0, 0.1) is 0 Å². The van der Waals surface area contributed by atoms with E-state index in [1.807, 2.05) is 22.2 Å². The van der Waals surface area contributed by atoms with Crippen LogP contribution in [0.4, 0.5) is 5.82 Å². The summed E-state index contributed by atoms with van der Waals surface area (Å²) in [6, 6.07) is 6.00. The van der Waals surface area contributed by atoms with Crippen LogP contribution in [-0.2, 0) is 5.54 Å². The molecule has 0 radical (unpaired) electrons. The van der Waals surface area contributed by atoms with Gasteiger partial charge in [0.05, 0.1) is 10.4 Å². The third-order valence-electron chi connectivity index (χ3n) is 2.15. The van der Waals surface area contributed by atoms with Crippen LogP contribution < -0.4 is 5.73 Å². The molecule has 0 aliphatic heterocycles. The topological polar surface area (TPSA) is 43.8 Å². The fourth-order valence-electron chi connectivity index (χ4n) is 1.48. The lowest BCUT2D eigenvalue weighted by molar-refractivity contribution is 0.362. The number of anilines is 1. The number of hydrogen-bond acceptors (Lipinski definition) is 3. The van der Waals surface area contributed by atoms with Gasteiger partial charge in [0.1, 0.15) is 11.5 Å². The van der Waals surface area contributed by atoms with Crippen LogP contribution in [0.1, 0.15) is 20.8 Å². The molecule has 2 rings (SSSR count). The van der Waals surface area contributed by atoms with Crippen LogP contribution in [0.2, 0.25) is 0 Å². The highest BCUT2D eigenvalue weighted by Gasteiger charge is 2.18. The molecule has 2 heterocycles. The normalized spacial score (nSPS) is 11.9.